The van der Waals surface area contributed by atoms with Crippen LogP contribution < -0.4 is 5.56 Å². The van der Waals surface area contributed by atoms with Crippen LogP contribution in [0.5, 0.6) is 0 Å². The zero-order chi connectivity index (χ0) is 11.1. The van der Waals surface area contributed by atoms with Crippen LogP contribution in [0, 0.1) is 11.8 Å². The number of thioether (sulfide) groups is 1. The number of nitrogens with one attached hydrogen (secondary N) is 1. The molecular weight excluding hydrogens is 208 g/mol. The maximum atomic E-state index is 11.3. The molecular formula is C11H14N2OS. The van der Waals surface area contributed by atoms with Crippen molar-refractivity contribution in [1.82, 2.24) is 9.97 Å². The van der Waals surface area contributed by atoms with Crippen LogP contribution in [0.3, 0.4) is 0 Å². The Bertz CT molecular complexity index is 428. The molecule has 0 bridgehead atoms. The van der Waals surface area contributed by atoms with Gasteiger partial charge < -0.3 is 4.98 Å². The predicted octanol–water partition coefficient (Wildman–Crippen LogP) is 1.84. The van der Waals surface area contributed by atoms with E-state index < -0.39 is 0 Å². The van der Waals surface area contributed by atoms with E-state index in [1.165, 1.54) is 11.8 Å². The molecule has 0 atom stereocenters. The van der Waals surface area contributed by atoms with Crippen molar-refractivity contribution < 1.29 is 0 Å². The summed E-state index contributed by atoms with van der Waals surface area (Å²) in [5.41, 5.74) is 0.772. The van der Waals surface area contributed by atoms with E-state index in [4.69, 9.17) is 0 Å². The minimum absolute atomic E-state index is 0.0830. The highest BCUT2D eigenvalue weighted by molar-refractivity contribution is 7.99. The Morgan fingerprint density at radius 1 is 1.60 bits per heavy atom. The molecule has 0 saturated carbocycles. The second kappa shape index (κ2) is 6.31. The van der Waals surface area contributed by atoms with Crippen LogP contribution in [-0.4, -0.2) is 15.7 Å². The molecule has 0 unspecified atom stereocenters. The van der Waals surface area contributed by atoms with E-state index in [1.54, 1.807) is 13.0 Å². The standard InChI is InChI=1S/C11H14N2OS/c1-3-5-7-15-11-12-9(6-4-2)8-10(14)13-11/h8H,4,6-7H2,1-2H3,(H,12,13,14). The van der Waals surface area contributed by atoms with Crippen molar-refractivity contribution in [2.75, 3.05) is 5.75 Å². The van der Waals surface area contributed by atoms with Crippen LogP contribution in [-0.2, 0) is 6.42 Å². The van der Waals surface area contributed by atoms with Gasteiger partial charge in [-0.1, -0.05) is 31.0 Å². The van der Waals surface area contributed by atoms with Gasteiger partial charge in [0.15, 0.2) is 5.16 Å². The molecule has 3 nitrogen and oxygen atoms in total. The van der Waals surface area contributed by atoms with E-state index in [0.29, 0.717) is 10.9 Å². The smallest absolute Gasteiger partial charge is 0.251 e. The normalized spacial score (nSPS) is 9.47. The molecule has 4 heteroatoms. The molecule has 0 aliphatic rings. The lowest BCUT2D eigenvalue weighted by Gasteiger charge is -2.00. The fourth-order valence-electron chi connectivity index (χ4n) is 1.11. The van der Waals surface area contributed by atoms with E-state index >= 15 is 0 Å². The fraction of sp³-hybridized carbons (Fsp3) is 0.455. The van der Waals surface area contributed by atoms with Crippen LogP contribution in [0.1, 0.15) is 26.0 Å². The molecule has 0 aromatic carbocycles. The predicted molar refractivity (Wildman–Crippen MR) is 63.0 cm³/mol. The zero-order valence-electron chi connectivity index (χ0n) is 8.96. The number of hydrogen-bond acceptors (Lipinski definition) is 3. The van der Waals surface area contributed by atoms with Crippen molar-refractivity contribution >= 4 is 11.8 Å². The Morgan fingerprint density at radius 3 is 3.07 bits per heavy atom. The summed E-state index contributed by atoms with van der Waals surface area (Å²) in [4.78, 5) is 18.3. The summed E-state index contributed by atoms with van der Waals surface area (Å²) >= 11 is 1.46. The van der Waals surface area contributed by atoms with Gasteiger partial charge in [-0.25, -0.2) is 4.98 Å². The van der Waals surface area contributed by atoms with Crippen molar-refractivity contribution in [3.8, 4) is 11.8 Å². The Morgan fingerprint density at radius 2 is 2.40 bits per heavy atom. The van der Waals surface area contributed by atoms with E-state index in [-0.39, 0.29) is 5.56 Å². The van der Waals surface area contributed by atoms with Gasteiger partial charge in [0.25, 0.3) is 5.56 Å². The Balaban J connectivity index is 2.77. The third-order valence-electron chi connectivity index (χ3n) is 1.74. The van der Waals surface area contributed by atoms with E-state index in [9.17, 15) is 4.79 Å². The fourth-order valence-corrected chi connectivity index (χ4v) is 1.82. The van der Waals surface area contributed by atoms with Crippen molar-refractivity contribution in [3.05, 3.63) is 22.1 Å². The van der Waals surface area contributed by atoms with Crippen LogP contribution in [0.2, 0.25) is 0 Å². The van der Waals surface area contributed by atoms with Crippen molar-refractivity contribution in [3.63, 3.8) is 0 Å². The third-order valence-corrected chi connectivity index (χ3v) is 2.49. The van der Waals surface area contributed by atoms with E-state index in [0.717, 1.165) is 18.5 Å². The average Bonchev–Trinajstić information content (AvgIpc) is 2.18. The molecule has 15 heavy (non-hydrogen) atoms. The molecule has 0 radical (unpaired) electrons. The first-order chi connectivity index (χ1) is 7.26. The van der Waals surface area contributed by atoms with E-state index in [1.807, 2.05) is 0 Å². The van der Waals surface area contributed by atoms with Gasteiger partial charge >= 0.3 is 0 Å². The van der Waals surface area contributed by atoms with Crippen LogP contribution in [0.15, 0.2) is 16.0 Å². The van der Waals surface area contributed by atoms with Gasteiger partial charge in [-0.15, -0.1) is 5.92 Å². The number of aromatic amines is 1. The maximum absolute atomic E-state index is 11.3. The van der Waals surface area contributed by atoms with Gasteiger partial charge in [0.1, 0.15) is 0 Å². The first-order valence-electron chi connectivity index (χ1n) is 4.89. The molecule has 80 valence electrons. The zero-order valence-corrected chi connectivity index (χ0v) is 9.78. The molecule has 0 fully saturated rings. The van der Waals surface area contributed by atoms with Gasteiger partial charge in [-0.3, -0.25) is 4.79 Å². The summed E-state index contributed by atoms with van der Waals surface area (Å²) in [6, 6.07) is 1.55. The minimum atomic E-state index is -0.0830. The quantitative estimate of drug-likeness (QED) is 0.480. The van der Waals surface area contributed by atoms with Crippen molar-refractivity contribution in [2.45, 2.75) is 31.8 Å². The number of hydrogen-bond donors (Lipinski definition) is 1. The first kappa shape index (κ1) is 11.9. The number of H-pyrrole nitrogens is 1. The highest BCUT2D eigenvalue weighted by Crippen LogP contribution is 2.10. The first-order valence-corrected chi connectivity index (χ1v) is 5.87. The largest absolute Gasteiger partial charge is 0.301 e. The van der Waals surface area contributed by atoms with Gasteiger partial charge in [0.05, 0.1) is 5.75 Å². The molecule has 1 aromatic heterocycles. The van der Waals surface area contributed by atoms with E-state index in [2.05, 4.69) is 28.7 Å². The highest BCUT2D eigenvalue weighted by atomic mass is 32.2. The highest BCUT2D eigenvalue weighted by Gasteiger charge is 2.00. The summed E-state index contributed by atoms with van der Waals surface area (Å²) < 4.78 is 0. The number of nitrogens with zero attached hydrogens (tertiary/aromatic N) is 1. The molecule has 0 amide bonds. The third kappa shape index (κ3) is 4.22. The lowest BCUT2D eigenvalue weighted by Crippen LogP contribution is -2.09. The molecule has 1 N–H and O–H groups in total. The lowest BCUT2D eigenvalue weighted by atomic mass is 10.2. The van der Waals surface area contributed by atoms with Gasteiger partial charge in [0.2, 0.25) is 0 Å². The Labute approximate surface area is 93.7 Å². The van der Waals surface area contributed by atoms with Crippen LogP contribution in [0.4, 0.5) is 0 Å². The summed E-state index contributed by atoms with van der Waals surface area (Å²) in [6.45, 7) is 3.86. The van der Waals surface area contributed by atoms with Crippen molar-refractivity contribution in [1.29, 1.82) is 0 Å². The molecule has 0 saturated heterocycles. The number of aromatic nitrogens is 2. The van der Waals surface area contributed by atoms with Crippen LogP contribution in [0.25, 0.3) is 0 Å². The number of rotatable bonds is 4. The lowest BCUT2D eigenvalue weighted by molar-refractivity contribution is 0.816. The Kier molecular flexibility index (Phi) is 4.99. The minimum Gasteiger partial charge on any atom is -0.301 e. The SMILES string of the molecule is CC#CCSc1nc(CCC)cc(=O)[nH]1. The second-order valence-corrected chi connectivity index (χ2v) is 3.97. The molecule has 0 aliphatic heterocycles. The van der Waals surface area contributed by atoms with Crippen LogP contribution >= 0.6 is 11.8 Å². The van der Waals surface area contributed by atoms with Gasteiger partial charge in [-0.05, 0) is 13.3 Å². The van der Waals surface area contributed by atoms with Crippen molar-refractivity contribution in [2.24, 2.45) is 0 Å². The average molecular weight is 222 g/mol. The van der Waals surface area contributed by atoms with Gasteiger partial charge in [-0.2, -0.15) is 0 Å². The summed E-state index contributed by atoms with van der Waals surface area (Å²) in [5, 5.41) is 0.661. The summed E-state index contributed by atoms with van der Waals surface area (Å²) in [7, 11) is 0. The maximum Gasteiger partial charge on any atom is 0.251 e. The topological polar surface area (TPSA) is 45.8 Å². The summed E-state index contributed by atoms with van der Waals surface area (Å²) in [6.07, 6.45) is 1.84. The monoisotopic (exact) mass is 222 g/mol. The summed E-state index contributed by atoms with van der Waals surface area (Å²) in [5.74, 6) is 6.38. The molecule has 0 aliphatic carbocycles. The number of aryl methyl sites for hydroxylation is 1. The Hall–Kier alpha value is -1.21. The second-order valence-electron chi connectivity index (χ2n) is 3.01. The molecule has 1 heterocycles. The molecule has 0 spiro atoms. The van der Waals surface area contributed by atoms with Gasteiger partial charge in [0, 0.05) is 11.8 Å². The molecule has 1 aromatic rings. The molecule has 1 rings (SSSR count).